The molecule has 8 heteroatoms. The summed E-state index contributed by atoms with van der Waals surface area (Å²) in [6, 6.07) is 6.03. The Morgan fingerprint density at radius 3 is 2.93 bits per heavy atom. The molecular formula is C22H21N5O3. The van der Waals surface area contributed by atoms with E-state index in [0.29, 0.717) is 37.0 Å². The highest BCUT2D eigenvalue weighted by atomic mass is 16.4. The highest BCUT2D eigenvalue weighted by molar-refractivity contribution is 5.88. The molecule has 4 aromatic rings. The van der Waals surface area contributed by atoms with Gasteiger partial charge in [-0.15, -0.1) is 10.2 Å². The van der Waals surface area contributed by atoms with E-state index in [1.807, 2.05) is 36.9 Å². The van der Waals surface area contributed by atoms with Gasteiger partial charge in [-0.2, -0.15) is 0 Å². The minimum Gasteiger partial charge on any atom is -0.464 e. The normalized spacial score (nSPS) is 16.5. The predicted molar refractivity (Wildman–Crippen MR) is 109 cm³/mol. The Morgan fingerprint density at radius 1 is 1.20 bits per heavy atom. The number of amides is 1. The van der Waals surface area contributed by atoms with Gasteiger partial charge >= 0.3 is 0 Å². The summed E-state index contributed by atoms with van der Waals surface area (Å²) in [5.41, 5.74) is 4.23. The monoisotopic (exact) mass is 403 g/mol. The molecule has 152 valence electrons. The third-order valence-corrected chi connectivity index (χ3v) is 5.48. The zero-order chi connectivity index (χ0) is 20.7. The first-order chi connectivity index (χ1) is 14.6. The second kappa shape index (κ2) is 7.37. The molecular weight excluding hydrogens is 382 g/mol. The predicted octanol–water partition coefficient (Wildman–Crippen LogP) is 3.45. The number of nitrogens with zero attached hydrogens (tertiary/aromatic N) is 5. The van der Waals surface area contributed by atoms with Gasteiger partial charge in [0, 0.05) is 30.2 Å². The second-order valence-electron chi connectivity index (χ2n) is 7.75. The first kappa shape index (κ1) is 18.5. The van der Waals surface area contributed by atoms with E-state index in [2.05, 4.69) is 20.2 Å². The van der Waals surface area contributed by atoms with Crippen LogP contribution in [0.15, 0.2) is 45.7 Å². The van der Waals surface area contributed by atoms with Crippen LogP contribution in [0.3, 0.4) is 0 Å². The number of aryl methyl sites for hydroxylation is 2. The summed E-state index contributed by atoms with van der Waals surface area (Å²) in [6.45, 7) is 5.12. The van der Waals surface area contributed by atoms with Gasteiger partial charge in [-0.05, 0) is 31.9 Å². The zero-order valence-electron chi connectivity index (χ0n) is 16.8. The average Bonchev–Trinajstić information content (AvgIpc) is 3.48. The van der Waals surface area contributed by atoms with Crippen molar-refractivity contribution in [2.45, 2.75) is 32.6 Å². The maximum Gasteiger partial charge on any atom is 0.267 e. The Hall–Kier alpha value is -3.55. The molecule has 3 aromatic heterocycles. The fraction of sp³-hybridized carbons (Fsp3) is 0.318. The fourth-order valence-corrected chi connectivity index (χ4v) is 3.80. The number of benzene rings is 1. The van der Waals surface area contributed by atoms with Gasteiger partial charge in [-0.1, -0.05) is 12.1 Å². The van der Waals surface area contributed by atoms with Crippen LogP contribution in [0, 0.1) is 13.8 Å². The van der Waals surface area contributed by atoms with Gasteiger partial charge in [0.1, 0.15) is 11.3 Å². The number of hydrogen-bond acceptors (Lipinski definition) is 7. The molecule has 0 unspecified atom stereocenters. The molecule has 0 radical (unpaired) electrons. The molecule has 1 amide bonds. The molecule has 30 heavy (non-hydrogen) atoms. The molecule has 0 aliphatic carbocycles. The smallest absolute Gasteiger partial charge is 0.267 e. The van der Waals surface area contributed by atoms with Crippen LogP contribution in [0.1, 0.15) is 35.1 Å². The van der Waals surface area contributed by atoms with Crippen molar-refractivity contribution in [3.05, 3.63) is 59.6 Å². The summed E-state index contributed by atoms with van der Waals surface area (Å²) in [5, 5.41) is 9.27. The van der Waals surface area contributed by atoms with Gasteiger partial charge in [-0.3, -0.25) is 9.78 Å². The van der Waals surface area contributed by atoms with Crippen molar-refractivity contribution in [2.24, 2.45) is 0 Å². The van der Waals surface area contributed by atoms with Gasteiger partial charge in [-0.25, -0.2) is 4.98 Å². The summed E-state index contributed by atoms with van der Waals surface area (Å²) in [6.07, 6.45) is 6.07. The largest absolute Gasteiger partial charge is 0.464 e. The van der Waals surface area contributed by atoms with Gasteiger partial charge < -0.3 is 13.7 Å². The van der Waals surface area contributed by atoms with Gasteiger partial charge in [0.2, 0.25) is 11.8 Å². The summed E-state index contributed by atoms with van der Waals surface area (Å²) in [5.74, 6) is 0.983. The molecule has 0 spiro atoms. The van der Waals surface area contributed by atoms with E-state index in [4.69, 9.17) is 8.83 Å². The minimum atomic E-state index is 0.0253. The molecule has 1 aliphatic heterocycles. The quantitative estimate of drug-likeness (QED) is 0.515. The summed E-state index contributed by atoms with van der Waals surface area (Å²) >= 11 is 0. The fourth-order valence-electron chi connectivity index (χ4n) is 3.80. The number of fused-ring (bicyclic) bond motifs is 1. The van der Waals surface area contributed by atoms with Gasteiger partial charge in [0.25, 0.3) is 5.89 Å². The SMILES string of the molecule is Cc1ccc2c(CC(=O)N3CC[C@@H](c4nnc(-c5cnc(C)cn5)o4)C3)coc2c1. The minimum absolute atomic E-state index is 0.0253. The van der Waals surface area contributed by atoms with Crippen molar-refractivity contribution < 1.29 is 13.6 Å². The van der Waals surface area contributed by atoms with Crippen LogP contribution in [0.2, 0.25) is 0 Å². The van der Waals surface area contributed by atoms with Crippen LogP contribution < -0.4 is 0 Å². The third-order valence-electron chi connectivity index (χ3n) is 5.48. The van der Waals surface area contributed by atoms with E-state index in [1.54, 1.807) is 18.7 Å². The number of carbonyl (C=O) groups is 1. The third kappa shape index (κ3) is 3.45. The number of rotatable bonds is 4. The van der Waals surface area contributed by atoms with Crippen molar-refractivity contribution >= 4 is 16.9 Å². The molecule has 1 atom stereocenters. The maximum absolute atomic E-state index is 12.9. The van der Waals surface area contributed by atoms with Crippen LogP contribution >= 0.6 is 0 Å². The van der Waals surface area contributed by atoms with Gasteiger partial charge in [0.15, 0.2) is 0 Å². The van der Waals surface area contributed by atoms with E-state index in [1.165, 1.54) is 0 Å². The topological polar surface area (TPSA) is 98.2 Å². The number of carbonyl (C=O) groups excluding carboxylic acids is 1. The summed E-state index contributed by atoms with van der Waals surface area (Å²) in [7, 11) is 0. The average molecular weight is 403 g/mol. The number of likely N-dealkylation sites (tertiary alicyclic amines) is 1. The molecule has 4 heterocycles. The summed E-state index contributed by atoms with van der Waals surface area (Å²) < 4.78 is 11.4. The Kier molecular flexibility index (Phi) is 4.54. The van der Waals surface area contributed by atoms with E-state index in [0.717, 1.165) is 34.2 Å². The summed E-state index contributed by atoms with van der Waals surface area (Å²) in [4.78, 5) is 23.2. The van der Waals surface area contributed by atoms with Gasteiger partial charge in [0.05, 0.1) is 30.5 Å². The lowest BCUT2D eigenvalue weighted by Gasteiger charge is -2.15. The van der Waals surface area contributed by atoms with Crippen molar-refractivity contribution in [1.82, 2.24) is 25.1 Å². The molecule has 8 nitrogen and oxygen atoms in total. The zero-order valence-corrected chi connectivity index (χ0v) is 16.8. The van der Waals surface area contributed by atoms with E-state index in [9.17, 15) is 4.79 Å². The Bertz CT molecular complexity index is 1210. The second-order valence-corrected chi connectivity index (χ2v) is 7.75. The molecule has 1 aromatic carbocycles. The van der Waals surface area contributed by atoms with Crippen LogP contribution in [-0.4, -0.2) is 44.1 Å². The molecule has 1 aliphatic rings. The molecule has 1 fully saturated rings. The Labute approximate surface area is 172 Å². The number of hydrogen-bond donors (Lipinski definition) is 0. The Balaban J connectivity index is 1.26. The standard InChI is InChI=1S/C22H21N5O3/c1-13-3-4-17-16(12-29-19(17)7-13)8-20(28)27-6-5-15(11-27)21-25-26-22(30-21)18-10-23-14(2)9-24-18/h3-4,7,9-10,12,15H,5-6,8,11H2,1-2H3/t15-/m1/s1. The molecule has 0 saturated carbocycles. The van der Waals surface area contributed by atoms with E-state index >= 15 is 0 Å². The number of furan rings is 1. The first-order valence-corrected chi connectivity index (χ1v) is 9.94. The Morgan fingerprint density at radius 2 is 2.10 bits per heavy atom. The molecule has 0 N–H and O–H groups in total. The van der Waals surface area contributed by atoms with Crippen LogP contribution in [-0.2, 0) is 11.2 Å². The lowest BCUT2D eigenvalue weighted by molar-refractivity contribution is -0.129. The van der Waals surface area contributed by atoms with Crippen molar-refractivity contribution in [2.75, 3.05) is 13.1 Å². The van der Waals surface area contributed by atoms with Crippen LogP contribution in [0.25, 0.3) is 22.6 Å². The van der Waals surface area contributed by atoms with Crippen LogP contribution in [0.4, 0.5) is 0 Å². The lowest BCUT2D eigenvalue weighted by Crippen LogP contribution is -2.29. The highest BCUT2D eigenvalue weighted by Crippen LogP contribution is 2.29. The first-order valence-electron chi connectivity index (χ1n) is 9.94. The number of aromatic nitrogens is 4. The molecule has 1 saturated heterocycles. The maximum atomic E-state index is 12.9. The van der Waals surface area contributed by atoms with Crippen molar-refractivity contribution in [3.8, 4) is 11.6 Å². The molecule has 0 bridgehead atoms. The van der Waals surface area contributed by atoms with E-state index < -0.39 is 0 Å². The van der Waals surface area contributed by atoms with Crippen LogP contribution in [0.5, 0.6) is 0 Å². The molecule has 5 rings (SSSR count). The van der Waals surface area contributed by atoms with Crippen molar-refractivity contribution in [1.29, 1.82) is 0 Å². The highest BCUT2D eigenvalue weighted by Gasteiger charge is 2.31. The lowest BCUT2D eigenvalue weighted by atomic mass is 10.1. The van der Waals surface area contributed by atoms with Crippen molar-refractivity contribution in [3.63, 3.8) is 0 Å². The van der Waals surface area contributed by atoms with E-state index in [-0.39, 0.29) is 11.8 Å².